The number of Topliss-reactive ketones (excluding diaryl/α,β-unsaturated/α-hetero) is 1. The van der Waals surface area contributed by atoms with Crippen LogP contribution in [0.15, 0.2) is 23.8 Å². The van der Waals surface area contributed by atoms with Crippen LogP contribution in [0.25, 0.3) is 0 Å². The van der Waals surface area contributed by atoms with E-state index in [2.05, 4.69) is 6.92 Å². The van der Waals surface area contributed by atoms with Gasteiger partial charge in [-0.25, -0.2) is 0 Å². The number of ether oxygens (including phenoxy) is 8. The van der Waals surface area contributed by atoms with Gasteiger partial charge in [0.2, 0.25) is 0 Å². The number of carbonyl (C=O) groups is 6. The molecule has 0 aromatic rings. The van der Waals surface area contributed by atoms with Gasteiger partial charge >= 0.3 is 23.9 Å². The summed E-state index contributed by atoms with van der Waals surface area (Å²) in [6.07, 6.45) is 5.18. The van der Waals surface area contributed by atoms with Crippen molar-refractivity contribution >= 4 is 35.4 Å². The van der Waals surface area contributed by atoms with Gasteiger partial charge in [0, 0.05) is 48.3 Å². The molecule has 15 nitrogen and oxygen atoms in total. The number of aliphatic hydroxyl groups excluding tert-OH is 1. The van der Waals surface area contributed by atoms with Crippen molar-refractivity contribution in [3.63, 3.8) is 0 Å². The fourth-order valence-corrected chi connectivity index (χ4v) is 12.7. The lowest BCUT2D eigenvalue weighted by molar-refractivity contribution is -0.308. The van der Waals surface area contributed by atoms with Gasteiger partial charge in [0.1, 0.15) is 19.3 Å². The molecule has 1 N–H and O–H groups in total. The van der Waals surface area contributed by atoms with Gasteiger partial charge in [0.25, 0.3) is 0 Å². The third-order valence-electron chi connectivity index (χ3n) is 15.7. The molecule has 3 unspecified atom stereocenters. The monoisotopic (exact) mass is 912 g/mol. The average Bonchev–Trinajstić information content (AvgIpc) is 3.77. The van der Waals surface area contributed by atoms with Crippen LogP contribution in [0.3, 0.4) is 0 Å². The largest absolute Gasteiger partial charge is 0.463 e. The Morgan fingerprint density at radius 1 is 0.785 bits per heavy atom. The summed E-state index contributed by atoms with van der Waals surface area (Å²) >= 11 is 0. The van der Waals surface area contributed by atoms with Crippen LogP contribution in [0.2, 0.25) is 0 Å². The molecule has 0 aromatic heterocycles. The van der Waals surface area contributed by atoms with Crippen LogP contribution < -0.4 is 0 Å². The van der Waals surface area contributed by atoms with E-state index in [-0.39, 0.29) is 61.6 Å². The predicted octanol–water partition coefficient (Wildman–Crippen LogP) is 6.73. The number of rotatable bonds is 18. The molecule has 4 saturated carbocycles. The molecule has 15 heteroatoms. The number of allylic oxidation sites excluding steroid dienone is 4. The van der Waals surface area contributed by atoms with E-state index in [1.165, 1.54) is 0 Å². The van der Waals surface area contributed by atoms with Gasteiger partial charge in [0.05, 0.1) is 12.2 Å². The van der Waals surface area contributed by atoms with Crippen molar-refractivity contribution in [2.75, 3.05) is 13.2 Å². The summed E-state index contributed by atoms with van der Waals surface area (Å²) in [4.78, 5) is 80.6. The van der Waals surface area contributed by atoms with Crippen LogP contribution in [-0.2, 0) is 66.7 Å². The number of aliphatic hydroxyl groups is 1. The van der Waals surface area contributed by atoms with Gasteiger partial charge in [-0.2, -0.15) is 0 Å². The Balaban J connectivity index is 1.23. The molecular weight excluding hydrogens is 841 g/mol. The summed E-state index contributed by atoms with van der Waals surface area (Å²) in [5.74, 6) is -3.12. The third-order valence-corrected chi connectivity index (χ3v) is 15.7. The lowest BCUT2D eigenvalue weighted by atomic mass is 9.46. The third kappa shape index (κ3) is 9.65. The standard InChI is InChI=1S/C50H72O15/c1-7-14-38(54)58-27-35-43(62-39(55)15-8-2)44(63-40(56)16-9-3)45(64-41(57)17-10-4)47(60-35)59-28-36(53)50-37(61-46(65-50)29-18-12-11-13-19-29)25-33-32-21-20-30-24-31(51)22-23-48(30,5)42(32)34(52)26-49(33,50)6/h22-24,29,32-35,37,42-47,52H,7-21,25-28H2,1-6H3/t32?,33?,34-,35+,37+,42?,43+,44-,45+,46+,47+,48-,49-,50+/m0/s1. The fourth-order valence-electron chi connectivity index (χ4n) is 12.7. The molecule has 0 aromatic carbocycles. The van der Waals surface area contributed by atoms with Gasteiger partial charge in [-0.05, 0) is 88.2 Å². The van der Waals surface area contributed by atoms with Crippen LogP contribution >= 0.6 is 0 Å². The maximum atomic E-state index is 15.5. The zero-order chi connectivity index (χ0) is 46.7. The maximum absolute atomic E-state index is 15.5. The molecule has 2 saturated heterocycles. The lowest BCUT2D eigenvalue weighted by Gasteiger charge is -2.59. The second-order valence-electron chi connectivity index (χ2n) is 20.0. The van der Waals surface area contributed by atoms with Gasteiger partial charge in [-0.3, -0.25) is 28.8 Å². The Hall–Kier alpha value is -3.50. The van der Waals surface area contributed by atoms with Gasteiger partial charge in [-0.1, -0.05) is 72.5 Å². The molecule has 7 rings (SSSR count). The summed E-state index contributed by atoms with van der Waals surface area (Å²) in [6, 6.07) is 0. The van der Waals surface area contributed by atoms with Gasteiger partial charge in [0.15, 0.2) is 48.1 Å². The molecular formula is C50H72O15. The van der Waals surface area contributed by atoms with Crippen molar-refractivity contribution in [2.24, 2.45) is 34.5 Å². The molecule has 6 fully saturated rings. The average molecular weight is 913 g/mol. The van der Waals surface area contributed by atoms with E-state index >= 15 is 4.79 Å². The Labute approximate surface area is 383 Å². The molecule has 0 amide bonds. The quantitative estimate of drug-likeness (QED) is 0.112. The molecule has 2 aliphatic heterocycles. The van der Waals surface area contributed by atoms with Crippen LogP contribution in [0.5, 0.6) is 0 Å². The summed E-state index contributed by atoms with van der Waals surface area (Å²) in [6.45, 7) is 10.4. The Morgan fingerprint density at radius 3 is 2.05 bits per heavy atom. The number of hydrogen-bond acceptors (Lipinski definition) is 15. The van der Waals surface area contributed by atoms with Crippen molar-refractivity contribution in [1.82, 2.24) is 0 Å². The molecule has 0 radical (unpaired) electrons. The minimum atomic E-state index is -1.56. The number of fused-ring (bicyclic) bond motifs is 7. The van der Waals surface area contributed by atoms with E-state index in [0.29, 0.717) is 38.5 Å². The van der Waals surface area contributed by atoms with Gasteiger partial charge < -0.3 is 43.0 Å². The number of hydrogen-bond donors (Lipinski definition) is 1. The van der Waals surface area contributed by atoms with E-state index in [4.69, 9.17) is 37.9 Å². The highest BCUT2D eigenvalue weighted by Crippen LogP contribution is 2.70. The lowest BCUT2D eigenvalue weighted by Crippen LogP contribution is -2.65. The predicted molar refractivity (Wildman–Crippen MR) is 232 cm³/mol. The van der Waals surface area contributed by atoms with E-state index in [1.54, 1.807) is 32.9 Å². The first-order valence-corrected chi connectivity index (χ1v) is 24.6. The van der Waals surface area contributed by atoms with Crippen molar-refractivity contribution < 1.29 is 71.8 Å². The zero-order valence-corrected chi connectivity index (χ0v) is 39.3. The highest BCUT2D eigenvalue weighted by atomic mass is 16.8. The first kappa shape index (κ1) is 49.4. The minimum Gasteiger partial charge on any atom is -0.463 e. The summed E-state index contributed by atoms with van der Waals surface area (Å²) in [5, 5.41) is 12.4. The topological polar surface area (TPSA) is 196 Å². The van der Waals surface area contributed by atoms with Gasteiger partial charge in [-0.15, -0.1) is 0 Å². The summed E-state index contributed by atoms with van der Waals surface area (Å²) in [5.41, 5.74) is -1.94. The highest BCUT2D eigenvalue weighted by molar-refractivity contribution is 6.01. The molecule has 7 aliphatic rings. The van der Waals surface area contributed by atoms with Crippen molar-refractivity contribution in [3.05, 3.63) is 23.8 Å². The molecule has 0 spiro atoms. The van der Waals surface area contributed by atoms with Crippen LogP contribution in [-0.4, -0.2) is 109 Å². The second-order valence-corrected chi connectivity index (χ2v) is 20.0. The molecule has 65 heavy (non-hydrogen) atoms. The normalized spacial score (nSPS) is 38.7. The first-order chi connectivity index (χ1) is 31.1. The zero-order valence-electron chi connectivity index (χ0n) is 39.3. The molecule has 0 bridgehead atoms. The van der Waals surface area contributed by atoms with Crippen LogP contribution in [0.4, 0.5) is 0 Å². The smallest absolute Gasteiger partial charge is 0.306 e. The second kappa shape index (κ2) is 20.8. The molecule has 2 heterocycles. The first-order valence-electron chi connectivity index (χ1n) is 24.6. The number of carbonyl (C=O) groups excluding carboxylic acids is 6. The Bertz CT molecular complexity index is 1840. The van der Waals surface area contributed by atoms with E-state index in [9.17, 15) is 29.1 Å². The molecule has 362 valence electrons. The van der Waals surface area contributed by atoms with E-state index < -0.39 is 109 Å². The summed E-state index contributed by atoms with van der Waals surface area (Å²) < 4.78 is 50.5. The molecule has 5 aliphatic carbocycles. The van der Waals surface area contributed by atoms with E-state index in [1.807, 2.05) is 19.9 Å². The SMILES string of the molecule is CCCC(=O)OC[C@H]1O[C@@H](OCC(=O)[C@@]23O[C@H](C4CCCCC4)O[C@@H]2CC2C4CCC5=CC(=O)C=C[C@]5(C)C4[C@@H](O)C[C@@]23C)[C@H](OC(=O)CCC)[C@@H](OC(=O)CCC)[C@@H]1OC(=O)CCC. The highest BCUT2D eigenvalue weighted by Gasteiger charge is 2.76. The van der Waals surface area contributed by atoms with Crippen LogP contribution in [0, 0.1) is 34.5 Å². The Morgan fingerprint density at radius 2 is 1.40 bits per heavy atom. The number of esters is 4. The molecule has 14 atom stereocenters. The van der Waals surface area contributed by atoms with Crippen molar-refractivity contribution in [2.45, 2.75) is 206 Å². The fraction of sp³-hybridized carbons (Fsp3) is 0.800. The van der Waals surface area contributed by atoms with Crippen molar-refractivity contribution in [3.8, 4) is 0 Å². The van der Waals surface area contributed by atoms with Crippen LogP contribution in [0.1, 0.15) is 151 Å². The maximum Gasteiger partial charge on any atom is 0.306 e. The minimum absolute atomic E-state index is 0.00130. The van der Waals surface area contributed by atoms with E-state index in [0.717, 1.165) is 44.1 Å². The Kier molecular flexibility index (Phi) is 15.8. The summed E-state index contributed by atoms with van der Waals surface area (Å²) in [7, 11) is 0. The van der Waals surface area contributed by atoms with Crippen molar-refractivity contribution in [1.29, 1.82) is 0 Å². The number of ketones is 2.